The Morgan fingerprint density at radius 2 is 1.59 bits per heavy atom. The molecule has 2 amide bonds. The fraction of sp³-hybridized carbons (Fsp3) is 0.500. The van der Waals surface area contributed by atoms with E-state index in [-0.39, 0.29) is 11.8 Å². The van der Waals surface area contributed by atoms with Gasteiger partial charge in [0.2, 0.25) is 0 Å². The van der Waals surface area contributed by atoms with E-state index >= 15 is 0 Å². The maximum absolute atomic E-state index is 13.4. The standard InChI is InChI=1S/C22H27BrN2O2S2/c1-3-5-7-9-12-24-17-11-10-15(23)14-16(17)18(20(24)26)19-21(27)25(22(28)29-19)13-8-6-4-2/h10-11,14H,3-9,12-13H2,1-2H3/b19-18-. The molecule has 0 unspecified atom stereocenters. The number of carbonyl (C=O) groups is 2. The van der Waals surface area contributed by atoms with Gasteiger partial charge in [0.15, 0.2) is 0 Å². The molecule has 156 valence electrons. The van der Waals surface area contributed by atoms with E-state index in [0.29, 0.717) is 27.9 Å². The van der Waals surface area contributed by atoms with Crippen LogP contribution in [0.3, 0.4) is 0 Å². The Bertz CT molecular complexity index is 853. The Kier molecular flexibility index (Phi) is 7.93. The molecule has 0 aliphatic carbocycles. The molecule has 0 atom stereocenters. The van der Waals surface area contributed by atoms with Gasteiger partial charge in [-0.3, -0.25) is 14.5 Å². The number of thioether (sulfide) groups is 1. The largest absolute Gasteiger partial charge is 0.308 e. The lowest BCUT2D eigenvalue weighted by Gasteiger charge is -2.17. The molecule has 0 aromatic heterocycles. The Morgan fingerprint density at radius 1 is 0.931 bits per heavy atom. The summed E-state index contributed by atoms with van der Waals surface area (Å²) in [6.07, 6.45) is 7.44. The van der Waals surface area contributed by atoms with E-state index in [4.69, 9.17) is 12.2 Å². The van der Waals surface area contributed by atoms with E-state index in [1.807, 2.05) is 23.1 Å². The number of unbranched alkanes of at least 4 members (excludes halogenated alkanes) is 5. The topological polar surface area (TPSA) is 40.6 Å². The monoisotopic (exact) mass is 494 g/mol. The van der Waals surface area contributed by atoms with Crippen LogP contribution in [-0.2, 0) is 9.59 Å². The van der Waals surface area contributed by atoms with Crippen molar-refractivity contribution < 1.29 is 9.59 Å². The van der Waals surface area contributed by atoms with Crippen LogP contribution < -0.4 is 4.90 Å². The van der Waals surface area contributed by atoms with Crippen LogP contribution in [0.2, 0.25) is 0 Å². The summed E-state index contributed by atoms with van der Waals surface area (Å²) in [5.41, 5.74) is 2.22. The van der Waals surface area contributed by atoms with Gasteiger partial charge >= 0.3 is 0 Å². The highest BCUT2D eigenvalue weighted by atomic mass is 79.9. The molecule has 2 aliphatic rings. The van der Waals surface area contributed by atoms with E-state index in [9.17, 15) is 9.59 Å². The predicted octanol–water partition coefficient (Wildman–Crippen LogP) is 6.14. The van der Waals surface area contributed by atoms with Gasteiger partial charge < -0.3 is 4.90 Å². The molecule has 3 rings (SSSR count). The number of thiocarbonyl (C=S) groups is 1. The van der Waals surface area contributed by atoms with Crippen LogP contribution in [0.5, 0.6) is 0 Å². The quantitative estimate of drug-likeness (QED) is 0.235. The Labute approximate surface area is 191 Å². The molecular formula is C22H27BrN2O2S2. The molecular weight excluding hydrogens is 468 g/mol. The predicted molar refractivity (Wildman–Crippen MR) is 129 cm³/mol. The molecule has 0 saturated carbocycles. The van der Waals surface area contributed by atoms with Crippen LogP contribution in [0.15, 0.2) is 27.6 Å². The zero-order chi connectivity index (χ0) is 21.0. The van der Waals surface area contributed by atoms with Crippen molar-refractivity contribution in [2.75, 3.05) is 18.0 Å². The molecule has 0 bridgehead atoms. The van der Waals surface area contributed by atoms with Gasteiger partial charge in [-0.15, -0.1) is 0 Å². The van der Waals surface area contributed by atoms with E-state index < -0.39 is 0 Å². The first-order chi connectivity index (χ1) is 14.0. The zero-order valence-corrected chi connectivity index (χ0v) is 20.2. The van der Waals surface area contributed by atoms with Gasteiger partial charge in [-0.1, -0.05) is 85.9 Å². The summed E-state index contributed by atoms with van der Waals surface area (Å²) in [6.45, 7) is 5.60. The molecule has 29 heavy (non-hydrogen) atoms. The number of rotatable bonds is 9. The van der Waals surface area contributed by atoms with Gasteiger partial charge in [0, 0.05) is 23.1 Å². The number of hydrogen-bond acceptors (Lipinski definition) is 4. The van der Waals surface area contributed by atoms with Crippen molar-refractivity contribution in [1.82, 2.24) is 4.90 Å². The minimum Gasteiger partial charge on any atom is -0.308 e. The van der Waals surface area contributed by atoms with Gasteiger partial charge in [0.25, 0.3) is 11.8 Å². The third-order valence-electron chi connectivity index (χ3n) is 5.27. The number of nitrogens with zero attached hydrogens (tertiary/aromatic N) is 2. The summed E-state index contributed by atoms with van der Waals surface area (Å²) < 4.78 is 1.45. The molecule has 1 saturated heterocycles. The second-order valence-electron chi connectivity index (χ2n) is 7.41. The minimum absolute atomic E-state index is 0.0799. The van der Waals surface area contributed by atoms with Crippen molar-refractivity contribution >= 4 is 67.3 Å². The summed E-state index contributed by atoms with van der Waals surface area (Å²) in [6, 6.07) is 5.86. The fourth-order valence-electron chi connectivity index (χ4n) is 3.70. The summed E-state index contributed by atoms with van der Waals surface area (Å²) in [7, 11) is 0. The van der Waals surface area contributed by atoms with Crippen LogP contribution in [0.1, 0.15) is 64.4 Å². The second-order valence-corrected chi connectivity index (χ2v) is 9.97. The molecule has 0 spiro atoms. The summed E-state index contributed by atoms with van der Waals surface area (Å²) in [5.74, 6) is -0.207. The highest BCUT2D eigenvalue weighted by Crippen LogP contribution is 2.45. The lowest BCUT2D eigenvalue weighted by molar-refractivity contribution is -0.122. The second kappa shape index (κ2) is 10.2. The van der Waals surface area contributed by atoms with E-state index in [1.54, 1.807) is 4.90 Å². The van der Waals surface area contributed by atoms with Crippen LogP contribution in [0.4, 0.5) is 5.69 Å². The number of fused-ring (bicyclic) bond motifs is 1. The smallest absolute Gasteiger partial charge is 0.267 e. The summed E-state index contributed by atoms with van der Waals surface area (Å²) in [4.78, 5) is 30.5. The molecule has 1 aromatic carbocycles. The lowest BCUT2D eigenvalue weighted by atomic mass is 10.1. The van der Waals surface area contributed by atoms with Crippen molar-refractivity contribution in [3.05, 3.63) is 33.1 Å². The number of hydrogen-bond donors (Lipinski definition) is 0. The highest BCUT2D eigenvalue weighted by molar-refractivity contribution is 9.10. The first-order valence-electron chi connectivity index (χ1n) is 10.4. The lowest BCUT2D eigenvalue weighted by Crippen LogP contribution is -2.30. The van der Waals surface area contributed by atoms with Gasteiger partial charge in [-0.2, -0.15) is 0 Å². The zero-order valence-electron chi connectivity index (χ0n) is 17.0. The molecule has 2 aliphatic heterocycles. The molecule has 0 N–H and O–H groups in total. The fourth-order valence-corrected chi connectivity index (χ4v) is 5.44. The number of benzene rings is 1. The Morgan fingerprint density at radius 3 is 2.31 bits per heavy atom. The van der Waals surface area contributed by atoms with Crippen molar-refractivity contribution in [1.29, 1.82) is 0 Å². The van der Waals surface area contributed by atoms with E-state index in [1.165, 1.54) is 18.2 Å². The normalized spacial score (nSPS) is 18.9. The Hall–Kier alpha value is -1.18. The third-order valence-corrected chi connectivity index (χ3v) is 7.22. The van der Waals surface area contributed by atoms with Crippen LogP contribution in [-0.4, -0.2) is 34.1 Å². The first-order valence-corrected chi connectivity index (χ1v) is 12.4. The van der Waals surface area contributed by atoms with Gasteiger partial charge in [-0.25, -0.2) is 0 Å². The Balaban J connectivity index is 1.92. The van der Waals surface area contributed by atoms with E-state index in [0.717, 1.165) is 54.2 Å². The van der Waals surface area contributed by atoms with Crippen molar-refractivity contribution in [3.63, 3.8) is 0 Å². The van der Waals surface area contributed by atoms with Crippen molar-refractivity contribution in [3.8, 4) is 0 Å². The SMILES string of the molecule is CCCCCCN1C(=O)/C(=C2\SC(=S)N(CCCCC)C2=O)c2cc(Br)ccc21. The van der Waals surface area contributed by atoms with Crippen LogP contribution in [0.25, 0.3) is 5.57 Å². The number of anilines is 1. The molecule has 1 aromatic rings. The summed E-state index contributed by atoms with van der Waals surface area (Å²) in [5, 5.41) is 0. The molecule has 7 heteroatoms. The number of carbonyl (C=O) groups excluding carboxylic acids is 2. The maximum atomic E-state index is 13.4. The molecule has 0 radical (unpaired) electrons. The molecule has 4 nitrogen and oxygen atoms in total. The van der Waals surface area contributed by atoms with E-state index in [2.05, 4.69) is 29.8 Å². The van der Waals surface area contributed by atoms with Crippen molar-refractivity contribution in [2.45, 2.75) is 58.8 Å². The third kappa shape index (κ3) is 4.78. The van der Waals surface area contributed by atoms with Crippen LogP contribution >= 0.6 is 39.9 Å². The van der Waals surface area contributed by atoms with Gasteiger partial charge in [-0.05, 0) is 31.0 Å². The van der Waals surface area contributed by atoms with Gasteiger partial charge in [0.05, 0.1) is 16.2 Å². The maximum Gasteiger partial charge on any atom is 0.267 e. The van der Waals surface area contributed by atoms with Gasteiger partial charge in [0.1, 0.15) is 4.32 Å². The van der Waals surface area contributed by atoms with Crippen molar-refractivity contribution in [2.24, 2.45) is 0 Å². The average molecular weight is 496 g/mol. The minimum atomic E-state index is -0.127. The average Bonchev–Trinajstić information content (AvgIpc) is 3.12. The molecule has 2 heterocycles. The highest BCUT2D eigenvalue weighted by Gasteiger charge is 2.41. The van der Waals surface area contributed by atoms with Crippen LogP contribution in [0, 0.1) is 0 Å². The molecule has 1 fully saturated rings. The summed E-state index contributed by atoms with van der Waals surface area (Å²) >= 11 is 10.3. The first kappa shape index (κ1) is 22.5. The number of amides is 2. The number of halogens is 1.